The summed E-state index contributed by atoms with van der Waals surface area (Å²) in [5.74, 6) is 0. The summed E-state index contributed by atoms with van der Waals surface area (Å²) in [6.45, 7) is 0. The van der Waals surface area contributed by atoms with Crippen molar-refractivity contribution in [3.8, 4) is 21.1 Å². The summed E-state index contributed by atoms with van der Waals surface area (Å²) in [6.07, 6.45) is 10.7. The van der Waals surface area contributed by atoms with Gasteiger partial charge in [-0.3, -0.25) is 20.0 Å². The van der Waals surface area contributed by atoms with Gasteiger partial charge < -0.3 is 5.48 Å². The lowest BCUT2D eigenvalue weighted by Gasteiger charge is -1.97. The Morgan fingerprint density at radius 1 is 0.468 bits per heavy atom. The number of aromatic nitrogens is 4. The van der Waals surface area contributed by atoms with E-state index in [1.165, 1.54) is 9.40 Å². The summed E-state index contributed by atoms with van der Waals surface area (Å²) in [5, 5.41) is 2.07. The number of para-hydroxylation sites is 2. The summed E-state index contributed by atoms with van der Waals surface area (Å²) >= 11 is 3.42. The highest BCUT2D eigenvalue weighted by Gasteiger charge is 2.06. The predicted molar refractivity (Wildman–Crippen MR) is 197 cm³/mol. The molecule has 0 aliphatic heterocycles. The van der Waals surface area contributed by atoms with Gasteiger partial charge in [0.1, 0.15) is 10.0 Å². The number of benzene rings is 4. The van der Waals surface area contributed by atoms with E-state index in [0.717, 1.165) is 54.7 Å². The van der Waals surface area contributed by atoms with Crippen molar-refractivity contribution >= 4 is 66.9 Å². The van der Waals surface area contributed by atoms with Gasteiger partial charge in [-0.2, -0.15) is 0 Å². The SMILES string of the molecule is C(=Nc1ccc(-c2nc3ccccc3s2)cc1)c1cccnc1.C(=Nc1ccc(-c2nc3ccccc3s2)cc1)c1cccnc1.O. The second kappa shape index (κ2) is 15.0. The van der Waals surface area contributed by atoms with Gasteiger partial charge in [0.05, 0.1) is 31.8 Å². The van der Waals surface area contributed by atoms with E-state index in [4.69, 9.17) is 0 Å². The third-order valence-corrected chi connectivity index (χ3v) is 9.08. The van der Waals surface area contributed by atoms with Crippen LogP contribution in [0, 0.1) is 0 Å². The maximum Gasteiger partial charge on any atom is 0.124 e. The van der Waals surface area contributed by atoms with Crippen molar-refractivity contribution < 1.29 is 5.48 Å². The first-order valence-corrected chi connectivity index (χ1v) is 16.2. The Labute approximate surface area is 279 Å². The Bertz CT molecular complexity index is 2020. The van der Waals surface area contributed by atoms with Crippen molar-refractivity contribution in [1.29, 1.82) is 0 Å². The van der Waals surface area contributed by atoms with Crippen LogP contribution in [-0.4, -0.2) is 37.8 Å². The highest BCUT2D eigenvalue weighted by molar-refractivity contribution is 7.22. The Morgan fingerprint density at radius 3 is 1.28 bits per heavy atom. The molecule has 7 nitrogen and oxygen atoms in total. The van der Waals surface area contributed by atoms with Crippen molar-refractivity contribution in [3.05, 3.63) is 157 Å². The van der Waals surface area contributed by atoms with E-state index in [0.29, 0.717) is 0 Å². The van der Waals surface area contributed by atoms with Crippen molar-refractivity contribution in [2.45, 2.75) is 0 Å². The predicted octanol–water partition coefficient (Wildman–Crippen LogP) is 9.39. The first-order chi connectivity index (χ1) is 22.8. The molecule has 9 heteroatoms. The monoisotopic (exact) mass is 648 g/mol. The van der Waals surface area contributed by atoms with Gasteiger partial charge in [-0.1, -0.05) is 36.4 Å². The molecule has 228 valence electrons. The highest BCUT2D eigenvalue weighted by Crippen LogP contribution is 2.32. The number of nitrogens with zero attached hydrogens (tertiary/aromatic N) is 6. The fourth-order valence-electron chi connectivity index (χ4n) is 4.57. The van der Waals surface area contributed by atoms with Crippen LogP contribution in [0.15, 0.2) is 156 Å². The number of fused-ring (bicyclic) bond motifs is 2. The maximum atomic E-state index is 4.68. The summed E-state index contributed by atoms with van der Waals surface area (Å²) < 4.78 is 2.42. The molecule has 8 aromatic rings. The Hall–Kier alpha value is -5.74. The number of hydrogen-bond donors (Lipinski definition) is 0. The smallest absolute Gasteiger partial charge is 0.124 e. The van der Waals surface area contributed by atoms with E-state index in [9.17, 15) is 0 Å². The molecule has 4 aromatic heterocycles. The molecule has 0 aliphatic rings. The molecule has 4 aromatic carbocycles. The lowest BCUT2D eigenvalue weighted by atomic mass is 10.2. The van der Waals surface area contributed by atoms with E-state index in [1.54, 1.807) is 47.5 Å². The van der Waals surface area contributed by atoms with Gasteiger partial charge in [0, 0.05) is 59.5 Å². The molecule has 0 unspecified atom stereocenters. The average molecular weight is 649 g/mol. The van der Waals surface area contributed by atoms with Gasteiger partial charge >= 0.3 is 0 Å². The fourth-order valence-corrected chi connectivity index (χ4v) is 6.52. The summed E-state index contributed by atoms with van der Waals surface area (Å²) in [7, 11) is 0. The first-order valence-electron chi connectivity index (χ1n) is 14.6. The fraction of sp³-hybridized carbons (Fsp3) is 0. The minimum absolute atomic E-state index is 0. The zero-order chi connectivity index (χ0) is 31.0. The quantitative estimate of drug-likeness (QED) is 0.167. The van der Waals surface area contributed by atoms with E-state index < -0.39 is 0 Å². The molecule has 0 aliphatic carbocycles. The van der Waals surface area contributed by atoms with Crippen molar-refractivity contribution in [2.75, 3.05) is 0 Å². The van der Waals surface area contributed by atoms with Crippen LogP contribution in [0.2, 0.25) is 0 Å². The summed E-state index contributed by atoms with van der Waals surface area (Å²) in [6, 6.07) is 40.4. The second-order valence-corrected chi connectivity index (χ2v) is 12.2. The number of pyridine rings is 2. The number of rotatable bonds is 6. The molecule has 0 saturated carbocycles. The molecule has 47 heavy (non-hydrogen) atoms. The van der Waals surface area contributed by atoms with Crippen LogP contribution in [0.5, 0.6) is 0 Å². The van der Waals surface area contributed by atoms with Gasteiger partial charge in [-0.25, -0.2) is 9.97 Å². The van der Waals surface area contributed by atoms with E-state index in [2.05, 4.69) is 66.3 Å². The molecule has 8 rings (SSSR count). The zero-order valence-electron chi connectivity index (χ0n) is 25.0. The minimum Gasteiger partial charge on any atom is -0.412 e. The lowest BCUT2D eigenvalue weighted by Crippen LogP contribution is -1.81. The largest absolute Gasteiger partial charge is 0.412 e. The molecular weight excluding hydrogens is 621 g/mol. The van der Waals surface area contributed by atoms with Crippen LogP contribution in [0.4, 0.5) is 11.4 Å². The Balaban J connectivity index is 0.000000161. The van der Waals surface area contributed by atoms with Crippen molar-refractivity contribution in [3.63, 3.8) is 0 Å². The number of hydrogen-bond acceptors (Lipinski definition) is 8. The zero-order valence-corrected chi connectivity index (χ0v) is 26.6. The van der Waals surface area contributed by atoms with Gasteiger partial charge in [0.15, 0.2) is 0 Å². The highest BCUT2D eigenvalue weighted by atomic mass is 32.1. The first kappa shape index (κ1) is 31.3. The number of thiazole rings is 2. The molecule has 2 N–H and O–H groups in total. The molecule has 0 saturated heterocycles. The van der Waals surface area contributed by atoms with Gasteiger partial charge in [0.2, 0.25) is 0 Å². The molecule has 0 atom stereocenters. The molecule has 0 amide bonds. The molecule has 0 spiro atoms. The van der Waals surface area contributed by atoms with E-state index in [1.807, 2.05) is 97.4 Å². The number of aliphatic imine (C=N–C) groups is 2. The lowest BCUT2D eigenvalue weighted by molar-refractivity contribution is 0.824. The summed E-state index contributed by atoms with van der Waals surface area (Å²) in [4.78, 5) is 26.4. The van der Waals surface area contributed by atoms with Crippen LogP contribution >= 0.6 is 22.7 Å². The third-order valence-electron chi connectivity index (χ3n) is 6.91. The Kier molecular flexibility index (Phi) is 9.99. The molecular formula is C38H28N6OS2. The van der Waals surface area contributed by atoms with Crippen LogP contribution < -0.4 is 0 Å². The molecule has 0 bridgehead atoms. The van der Waals surface area contributed by atoms with Crippen LogP contribution in [0.25, 0.3) is 41.6 Å². The Morgan fingerprint density at radius 2 is 0.894 bits per heavy atom. The third kappa shape index (κ3) is 7.92. The van der Waals surface area contributed by atoms with Gasteiger partial charge in [-0.15, -0.1) is 22.7 Å². The van der Waals surface area contributed by atoms with Crippen molar-refractivity contribution in [2.24, 2.45) is 9.98 Å². The minimum atomic E-state index is 0. The van der Waals surface area contributed by atoms with Crippen LogP contribution in [0.3, 0.4) is 0 Å². The second-order valence-electron chi connectivity index (χ2n) is 10.2. The van der Waals surface area contributed by atoms with E-state index >= 15 is 0 Å². The normalized spacial score (nSPS) is 11.1. The van der Waals surface area contributed by atoms with Crippen LogP contribution in [-0.2, 0) is 0 Å². The molecule has 0 radical (unpaired) electrons. The summed E-state index contributed by atoms with van der Waals surface area (Å²) in [5.41, 5.74) is 8.14. The van der Waals surface area contributed by atoms with Crippen LogP contribution in [0.1, 0.15) is 11.1 Å². The van der Waals surface area contributed by atoms with Gasteiger partial charge in [-0.05, 0) is 84.9 Å². The van der Waals surface area contributed by atoms with E-state index in [-0.39, 0.29) is 5.48 Å². The standard InChI is InChI=1S/2C19H13N3S.H2O/c2*1-2-6-18-17(5-1)22-19(23-18)15-7-9-16(10-8-15)21-13-14-4-3-11-20-12-14;/h2*1-13H;1H2. The van der Waals surface area contributed by atoms with Gasteiger partial charge in [0.25, 0.3) is 0 Å². The topological polar surface area (TPSA) is 108 Å². The van der Waals surface area contributed by atoms with Crippen molar-refractivity contribution in [1.82, 2.24) is 19.9 Å². The molecule has 0 fully saturated rings. The average Bonchev–Trinajstić information content (AvgIpc) is 3.77. The molecule has 4 heterocycles. The maximum absolute atomic E-state index is 4.68.